The van der Waals surface area contributed by atoms with Gasteiger partial charge in [-0.25, -0.2) is 0 Å². The van der Waals surface area contributed by atoms with Crippen molar-refractivity contribution in [2.24, 2.45) is 11.7 Å². The van der Waals surface area contributed by atoms with Gasteiger partial charge in [0, 0.05) is 19.0 Å². The molecule has 1 aliphatic rings. The van der Waals surface area contributed by atoms with Gasteiger partial charge >= 0.3 is 0 Å². The third-order valence-electron chi connectivity index (χ3n) is 3.43. The Kier molecular flexibility index (Phi) is 4.53. The molecule has 1 aromatic rings. The van der Waals surface area contributed by atoms with Crippen molar-refractivity contribution in [1.29, 1.82) is 0 Å². The highest BCUT2D eigenvalue weighted by Gasteiger charge is 2.18. The molecule has 0 spiro atoms. The van der Waals surface area contributed by atoms with Crippen molar-refractivity contribution in [3.8, 4) is 0 Å². The van der Waals surface area contributed by atoms with Crippen molar-refractivity contribution in [1.82, 2.24) is 5.32 Å². The summed E-state index contributed by atoms with van der Waals surface area (Å²) in [5, 5.41) is 3.02. The summed E-state index contributed by atoms with van der Waals surface area (Å²) in [7, 11) is 0. The van der Waals surface area contributed by atoms with Crippen molar-refractivity contribution < 1.29 is 4.79 Å². The summed E-state index contributed by atoms with van der Waals surface area (Å²) in [6.45, 7) is 1.09. The Hall–Kier alpha value is -1.61. The number of carbonyl (C=O) groups is 1. The van der Waals surface area contributed by atoms with E-state index in [1.165, 1.54) is 0 Å². The van der Waals surface area contributed by atoms with Crippen LogP contribution in [0.25, 0.3) is 0 Å². The van der Waals surface area contributed by atoms with Crippen LogP contribution in [0.15, 0.2) is 36.4 Å². The number of allylic oxidation sites excluding steroid dienone is 2. The summed E-state index contributed by atoms with van der Waals surface area (Å²) in [6.07, 6.45) is 7.08. The molecule has 0 aromatic heterocycles. The van der Waals surface area contributed by atoms with Gasteiger partial charge in [-0.1, -0.05) is 36.4 Å². The minimum absolute atomic E-state index is 0.139. The van der Waals surface area contributed by atoms with Crippen LogP contribution in [-0.2, 0) is 17.9 Å². The van der Waals surface area contributed by atoms with E-state index in [0.717, 1.165) is 30.4 Å². The van der Waals surface area contributed by atoms with E-state index < -0.39 is 0 Å². The fourth-order valence-electron chi connectivity index (χ4n) is 2.29. The molecule has 96 valence electrons. The molecule has 3 nitrogen and oxygen atoms in total. The van der Waals surface area contributed by atoms with Crippen molar-refractivity contribution in [3.05, 3.63) is 47.5 Å². The number of hydrogen-bond acceptors (Lipinski definition) is 2. The van der Waals surface area contributed by atoms with Gasteiger partial charge in [0.1, 0.15) is 0 Å². The summed E-state index contributed by atoms with van der Waals surface area (Å²) in [5.74, 6) is 0.297. The molecule has 0 fully saturated rings. The predicted octanol–water partition coefficient (Wildman–Crippen LogP) is 2.12. The maximum absolute atomic E-state index is 12.0. The average Bonchev–Trinajstić information content (AvgIpc) is 2.46. The number of benzene rings is 1. The fourth-order valence-corrected chi connectivity index (χ4v) is 2.29. The van der Waals surface area contributed by atoms with E-state index in [1.807, 2.05) is 24.3 Å². The summed E-state index contributed by atoms with van der Waals surface area (Å²) in [4.78, 5) is 12.0. The van der Waals surface area contributed by atoms with E-state index in [2.05, 4.69) is 17.5 Å². The Morgan fingerprint density at radius 2 is 2.06 bits per heavy atom. The Labute approximate surface area is 108 Å². The van der Waals surface area contributed by atoms with E-state index >= 15 is 0 Å². The van der Waals surface area contributed by atoms with Crippen LogP contribution < -0.4 is 11.1 Å². The van der Waals surface area contributed by atoms with Crippen molar-refractivity contribution in [2.45, 2.75) is 32.4 Å². The Morgan fingerprint density at radius 1 is 1.28 bits per heavy atom. The number of carbonyl (C=O) groups excluding carboxylic acids is 1. The van der Waals surface area contributed by atoms with Gasteiger partial charge in [-0.05, 0) is 30.4 Å². The number of amides is 1. The molecule has 0 saturated heterocycles. The van der Waals surface area contributed by atoms with E-state index in [9.17, 15) is 4.79 Å². The molecule has 1 unspecified atom stereocenters. The first kappa shape index (κ1) is 12.8. The van der Waals surface area contributed by atoms with E-state index in [0.29, 0.717) is 13.1 Å². The molecule has 0 heterocycles. The van der Waals surface area contributed by atoms with Gasteiger partial charge < -0.3 is 11.1 Å². The first-order valence-electron chi connectivity index (χ1n) is 6.51. The summed E-state index contributed by atoms with van der Waals surface area (Å²) < 4.78 is 0. The molecule has 2 rings (SSSR count). The van der Waals surface area contributed by atoms with E-state index in [4.69, 9.17) is 5.73 Å². The highest BCUT2D eigenvalue weighted by molar-refractivity contribution is 5.79. The molecule has 0 aliphatic heterocycles. The molecular weight excluding hydrogens is 224 g/mol. The summed E-state index contributed by atoms with van der Waals surface area (Å²) in [5.41, 5.74) is 7.89. The van der Waals surface area contributed by atoms with Crippen molar-refractivity contribution in [3.63, 3.8) is 0 Å². The minimum Gasteiger partial charge on any atom is -0.352 e. The lowest BCUT2D eigenvalue weighted by molar-refractivity contribution is -0.125. The second-order valence-electron chi connectivity index (χ2n) is 4.67. The first-order valence-corrected chi connectivity index (χ1v) is 6.51. The van der Waals surface area contributed by atoms with Crippen LogP contribution in [-0.4, -0.2) is 5.91 Å². The van der Waals surface area contributed by atoms with E-state index in [1.54, 1.807) is 0 Å². The minimum atomic E-state index is 0.139. The van der Waals surface area contributed by atoms with Crippen LogP contribution in [0.4, 0.5) is 0 Å². The molecule has 1 aromatic carbocycles. The maximum atomic E-state index is 12.0. The second kappa shape index (κ2) is 6.36. The lowest BCUT2D eigenvalue weighted by Gasteiger charge is -2.17. The zero-order valence-electron chi connectivity index (χ0n) is 10.6. The fraction of sp³-hybridized carbons (Fsp3) is 0.400. The van der Waals surface area contributed by atoms with Crippen LogP contribution in [0.1, 0.15) is 30.4 Å². The average molecular weight is 244 g/mol. The molecule has 3 N–H and O–H groups in total. The van der Waals surface area contributed by atoms with Crippen LogP contribution in [0.3, 0.4) is 0 Å². The molecular formula is C15H20N2O. The largest absolute Gasteiger partial charge is 0.352 e. The third-order valence-corrected chi connectivity index (χ3v) is 3.43. The Balaban J connectivity index is 1.90. The van der Waals surface area contributed by atoms with E-state index in [-0.39, 0.29) is 11.8 Å². The number of nitrogens with two attached hydrogens (primary N) is 1. The highest BCUT2D eigenvalue weighted by atomic mass is 16.1. The van der Waals surface area contributed by atoms with Crippen molar-refractivity contribution in [2.75, 3.05) is 0 Å². The van der Waals surface area contributed by atoms with Gasteiger partial charge in [-0.3, -0.25) is 4.79 Å². The zero-order valence-corrected chi connectivity index (χ0v) is 10.6. The van der Waals surface area contributed by atoms with Gasteiger partial charge in [0.25, 0.3) is 0 Å². The summed E-state index contributed by atoms with van der Waals surface area (Å²) >= 11 is 0. The van der Waals surface area contributed by atoms with Crippen LogP contribution in [0, 0.1) is 5.92 Å². The Bertz CT molecular complexity index is 440. The van der Waals surface area contributed by atoms with Crippen LogP contribution >= 0.6 is 0 Å². The zero-order chi connectivity index (χ0) is 12.8. The molecule has 1 atom stereocenters. The molecule has 18 heavy (non-hydrogen) atoms. The quantitative estimate of drug-likeness (QED) is 0.797. The van der Waals surface area contributed by atoms with Gasteiger partial charge in [0.15, 0.2) is 0 Å². The molecule has 0 bridgehead atoms. The normalized spacial score (nSPS) is 18.6. The molecule has 1 aliphatic carbocycles. The van der Waals surface area contributed by atoms with Gasteiger partial charge in [0.05, 0.1) is 0 Å². The topological polar surface area (TPSA) is 55.1 Å². The lowest BCUT2D eigenvalue weighted by Crippen LogP contribution is -2.31. The molecule has 0 saturated carbocycles. The lowest BCUT2D eigenvalue weighted by atomic mass is 9.93. The molecule has 0 radical (unpaired) electrons. The SMILES string of the molecule is NCc1ccccc1CNC(=O)C1CC=CCC1. The number of rotatable bonds is 4. The smallest absolute Gasteiger partial charge is 0.223 e. The maximum Gasteiger partial charge on any atom is 0.223 e. The van der Waals surface area contributed by atoms with Gasteiger partial charge in [0.2, 0.25) is 5.91 Å². The predicted molar refractivity (Wildman–Crippen MR) is 72.7 cm³/mol. The third kappa shape index (κ3) is 3.20. The number of hydrogen-bond donors (Lipinski definition) is 2. The standard InChI is InChI=1S/C15H20N2O/c16-10-13-8-4-5-9-14(13)11-17-15(18)12-6-2-1-3-7-12/h1-2,4-5,8-9,12H,3,6-7,10-11,16H2,(H,17,18). The molecule has 1 amide bonds. The first-order chi connectivity index (χ1) is 8.81. The number of nitrogens with one attached hydrogen (secondary N) is 1. The van der Waals surface area contributed by atoms with Gasteiger partial charge in [-0.2, -0.15) is 0 Å². The van der Waals surface area contributed by atoms with Crippen LogP contribution in [0.5, 0.6) is 0 Å². The monoisotopic (exact) mass is 244 g/mol. The van der Waals surface area contributed by atoms with Gasteiger partial charge in [-0.15, -0.1) is 0 Å². The van der Waals surface area contributed by atoms with Crippen molar-refractivity contribution >= 4 is 5.91 Å². The highest BCUT2D eigenvalue weighted by Crippen LogP contribution is 2.18. The Morgan fingerprint density at radius 3 is 2.72 bits per heavy atom. The van der Waals surface area contributed by atoms with Crippen LogP contribution in [0.2, 0.25) is 0 Å². The summed E-state index contributed by atoms with van der Waals surface area (Å²) in [6, 6.07) is 7.97. The second-order valence-corrected chi connectivity index (χ2v) is 4.67. The molecule has 3 heteroatoms.